The highest BCUT2D eigenvalue weighted by Crippen LogP contribution is 2.38. The number of carbonyl (C=O) groups is 2. The van der Waals surface area contributed by atoms with Crippen molar-refractivity contribution in [1.29, 1.82) is 0 Å². The van der Waals surface area contributed by atoms with Crippen LogP contribution in [0.15, 0.2) is 11.0 Å². The number of ether oxygens (including phenoxy) is 1. The molecule has 1 N–H and O–H groups in total. The Hall–Kier alpha value is -1.53. The standard InChI is InChI=1S/C29H47NO4S/c1-17-11-10-12-25(31)18(2)14-26(19(3)13-24-16-35-23(7)30-24)34-27(32)15-20(4)29(8,9)28(33)22(6)21(17)5/h13,16-18,20-22,25-26,31H,10-12,14-15H2,1-9H3/b19-13+/t17-,18-,20-,21-,22+,25+,26?/m0/s1. The molecule has 0 aromatic carbocycles. The Bertz CT molecular complexity index is 889. The number of aryl methyl sites for hydroxylation is 1. The number of rotatable bonds is 2. The van der Waals surface area contributed by atoms with E-state index in [2.05, 4.69) is 18.8 Å². The molecule has 35 heavy (non-hydrogen) atoms. The number of hydrogen-bond donors (Lipinski definition) is 1. The average molecular weight is 506 g/mol. The lowest BCUT2D eigenvalue weighted by Crippen LogP contribution is -2.40. The molecular formula is C29H47NO4S. The molecule has 1 saturated heterocycles. The fraction of sp³-hybridized carbons (Fsp3) is 0.759. The highest BCUT2D eigenvalue weighted by molar-refractivity contribution is 7.09. The van der Waals surface area contributed by atoms with Crippen molar-refractivity contribution in [2.75, 3.05) is 0 Å². The highest BCUT2D eigenvalue weighted by atomic mass is 32.1. The Morgan fingerprint density at radius 3 is 2.40 bits per heavy atom. The van der Waals surface area contributed by atoms with Crippen LogP contribution in [0.1, 0.15) is 98.2 Å². The van der Waals surface area contributed by atoms with Crippen LogP contribution >= 0.6 is 11.3 Å². The van der Waals surface area contributed by atoms with Crippen molar-refractivity contribution in [3.63, 3.8) is 0 Å². The van der Waals surface area contributed by atoms with Crippen molar-refractivity contribution in [1.82, 2.24) is 4.98 Å². The van der Waals surface area contributed by atoms with Gasteiger partial charge in [0.25, 0.3) is 0 Å². The molecule has 1 aliphatic rings. The first-order chi connectivity index (χ1) is 16.2. The molecule has 1 unspecified atom stereocenters. The van der Waals surface area contributed by atoms with E-state index in [1.165, 1.54) is 0 Å². The van der Waals surface area contributed by atoms with E-state index in [-0.39, 0.29) is 41.8 Å². The molecule has 1 aromatic heterocycles. The molecule has 0 bridgehead atoms. The number of Topliss-reactive ketones (excluding diaryl/α,β-unsaturated/α-hetero) is 1. The van der Waals surface area contributed by atoms with Crippen molar-refractivity contribution in [2.45, 2.75) is 107 Å². The summed E-state index contributed by atoms with van der Waals surface area (Å²) in [6.45, 7) is 18.3. The van der Waals surface area contributed by atoms with Crippen LogP contribution in [0.25, 0.3) is 6.08 Å². The average Bonchev–Trinajstić information content (AvgIpc) is 3.20. The molecule has 198 valence electrons. The van der Waals surface area contributed by atoms with Gasteiger partial charge in [-0.15, -0.1) is 11.3 Å². The second-order valence-electron chi connectivity index (χ2n) is 11.7. The number of aliphatic hydroxyl groups is 1. The second kappa shape index (κ2) is 12.6. The molecule has 0 saturated carbocycles. The predicted octanol–water partition coefficient (Wildman–Crippen LogP) is 6.87. The van der Waals surface area contributed by atoms with Gasteiger partial charge in [-0.3, -0.25) is 9.59 Å². The fourth-order valence-electron chi connectivity index (χ4n) is 5.06. The molecule has 0 radical (unpaired) electrons. The summed E-state index contributed by atoms with van der Waals surface area (Å²) in [6, 6.07) is 0. The van der Waals surface area contributed by atoms with Gasteiger partial charge in [0, 0.05) is 23.1 Å². The lowest BCUT2D eigenvalue weighted by molar-refractivity contribution is -0.151. The SMILES string of the molecule is C/C(=C\c1csc(C)n1)C1C[C@H](C)[C@H](O)CCC[C@H](C)[C@H](C)[C@@H](C)C(=O)C(C)(C)[C@@H](C)CC(=O)O1. The van der Waals surface area contributed by atoms with E-state index < -0.39 is 17.6 Å². The molecule has 0 spiro atoms. The first kappa shape index (κ1) is 29.7. The van der Waals surface area contributed by atoms with Gasteiger partial charge in [0.15, 0.2) is 0 Å². The van der Waals surface area contributed by atoms with Crippen LogP contribution in [-0.2, 0) is 14.3 Å². The molecule has 1 aliphatic heterocycles. The number of esters is 1. The number of cyclic esters (lactones) is 1. The van der Waals surface area contributed by atoms with Crippen LogP contribution in [0.3, 0.4) is 0 Å². The maximum Gasteiger partial charge on any atom is 0.306 e. The van der Waals surface area contributed by atoms with Crippen LogP contribution in [0.2, 0.25) is 0 Å². The summed E-state index contributed by atoms with van der Waals surface area (Å²) in [4.78, 5) is 31.1. The molecule has 1 aromatic rings. The minimum Gasteiger partial charge on any atom is -0.458 e. The maximum atomic E-state index is 13.5. The number of ketones is 1. The van der Waals surface area contributed by atoms with Crippen molar-refractivity contribution in [3.8, 4) is 0 Å². The fourth-order valence-corrected chi connectivity index (χ4v) is 5.63. The van der Waals surface area contributed by atoms with Crippen LogP contribution in [0, 0.1) is 41.9 Å². The van der Waals surface area contributed by atoms with Gasteiger partial charge in [-0.1, -0.05) is 61.3 Å². The van der Waals surface area contributed by atoms with E-state index in [0.29, 0.717) is 18.8 Å². The van der Waals surface area contributed by atoms with Gasteiger partial charge in [0.2, 0.25) is 0 Å². The zero-order valence-electron chi connectivity index (χ0n) is 23.3. The third-order valence-electron chi connectivity index (χ3n) is 8.64. The largest absolute Gasteiger partial charge is 0.458 e. The van der Waals surface area contributed by atoms with Crippen LogP contribution in [0.5, 0.6) is 0 Å². The molecule has 2 rings (SSSR count). The minimum absolute atomic E-state index is 0.0108. The van der Waals surface area contributed by atoms with Crippen LogP contribution in [0.4, 0.5) is 0 Å². The maximum absolute atomic E-state index is 13.5. The molecule has 0 amide bonds. The monoisotopic (exact) mass is 505 g/mol. The van der Waals surface area contributed by atoms with Gasteiger partial charge in [-0.05, 0) is 62.0 Å². The molecule has 7 atom stereocenters. The number of thiazole rings is 1. The normalized spacial score (nSPS) is 34.5. The van der Waals surface area contributed by atoms with Gasteiger partial charge >= 0.3 is 5.97 Å². The van der Waals surface area contributed by atoms with Crippen molar-refractivity contribution >= 4 is 29.2 Å². The van der Waals surface area contributed by atoms with Crippen LogP contribution < -0.4 is 0 Å². The molecule has 0 aliphatic carbocycles. The summed E-state index contributed by atoms with van der Waals surface area (Å²) in [7, 11) is 0. The Labute approximate surface area is 216 Å². The third-order valence-corrected chi connectivity index (χ3v) is 9.43. The van der Waals surface area contributed by atoms with Crippen LogP contribution in [-0.4, -0.2) is 34.1 Å². The lowest BCUT2D eigenvalue weighted by atomic mass is 9.67. The zero-order chi connectivity index (χ0) is 26.5. The summed E-state index contributed by atoms with van der Waals surface area (Å²) in [5, 5.41) is 13.9. The summed E-state index contributed by atoms with van der Waals surface area (Å²) < 4.78 is 6.02. The smallest absolute Gasteiger partial charge is 0.306 e. The zero-order valence-corrected chi connectivity index (χ0v) is 24.1. The number of aliphatic hydroxyl groups excluding tert-OH is 1. The van der Waals surface area contributed by atoms with Gasteiger partial charge in [-0.2, -0.15) is 0 Å². The van der Waals surface area contributed by atoms with Gasteiger partial charge in [-0.25, -0.2) is 4.98 Å². The molecule has 5 nitrogen and oxygen atoms in total. The summed E-state index contributed by atoms with van der Waals surface area (Å²) in [5.74, 6) is 0.306. The quantitative estimate of drug-likeness (QED) is 0.444. The Morgan fingerprint density at radius 2 is 1.80 bits per heavy atom. The number of aromatic nitrogens is 1. The molecule has 2 heterocycles. The highest BCUT2D eigenvalue weighted by Gasteiger charge is 2.40. The second-order valence-corrected chi connectivity index (χ2v) is 12.7. The van der Waals surface area contributed by atoms with Gasteiger partial charge in [0.05, 0.1) is 16.8 Å². The lowest BCUT2D eigenvalue weighted by Gasteiger charge is -2.36. The third kappa shape index (κ3) is 7.98. The summed E-state index contributed by atoms with van der Waals surface area (Å²) in [6.07, 6.45) is 4.42. The van der Waals surface area contributed by atoms with E-state index in [1.807, 2.05) is 59.9 Å². The van der Waals surface area contributed by atoms with E-state index in [4.69, 9.17) is 4.74 Å². The first-order valence-electron chi connectivity index (χ1n) is 13.3. The van der Waals surface area contributed by atoms with Gasteiger partial charge < -0.3 is 9.84 Å². The van der Waals surface area contributed by atoms with E-state index in [0.717, 1.165) is 29.1 Å². The van der Waals surface area contributed by atoms with Crippen molar-refractivity contribution in [2.24, 2.45) is 35.0 Å². The molecule has 6 heteroatoms. The van der Waals surface area contributed by atoms with Gasteiger partial charge in [0.1, 0.15) is 11.9 Å². The predicted molar refractivity (Wildman–Crippen MR) is 144 cm³/mol. The van der Waals surface area contributed by atoms with E-state index in [9.17, 15) is 14.7 Å². The van der Waals surface area contributed by atoms with E-state index >= 15 is 0 Å². The number of hydrogen-bond acceptors (Lipinski definition) is 6. The van der Waals surface area contributed by atoms with Crippen molar-refractivity contribution in [3.05, 3.63) is 21.7 Å². The first-order valence-corrected chi connectivity index (χ1v) is 14.1. The molecule has 1 fully saturated rings. The topological polar surface area (TPSA) is 76.5 Å². The van der Waals surface area contributed by atoms with Crippen molar-refractivity contribution < 1.29 is 19.4 Å². The number of carbonyl (C=O) groups excluding carboxylic acids is 2. The number of nitrogens with zero attached hydrogens (tertiary/aromatic N) is 1. The minimum atomic E-state index is -0.620. The summed E-state index contributed by atoms with van der Waals surface area (Å²) in [5.41, 5.74) is 1.16. The van der Waals surface area contributed by atoms with E-state index in [1.54, 1.807) is 11.3 Å². The summed E-state index contributed by atoms with van der Waals surface area (Å²) >= 11 is 1.59. The Kier molecular flexibility index (Phi) is 10.7. The molecular weight excluding hydrogens is 458 g/mol. The Balaban J connectivity index is 2.33. The Morgan fingerprint density at radius 1 is 1.14 bits per heavy atom.